The zero-order chi connectivity index (χ0) is 51.3. The summed E-state index contributed by atoms with van der Waals surface area (Å²) in [6.45, 7) is 9.43. The van der Waals surface area contributed by atoms with Crippen LogP contribution in [0, 0.1) is 17.9 Å². The number of nitrogens with zero attached hydrogens (tertiary/aromatic N) is 3. The predicted molar refractivity (Wildman–Crippen MR) is 312 cm³/mol. The Morgan fingerprint density at radius 3 is 0.948 bits per heavy atom. The molecule has 0 aliphatic heterocycles. The number of hydrogen-bond donors (Lipinski definition) is 0. The van der Waals surface area contributed by atoms with Gasteiger partial charge in [0.05, 0.1) is 29.2 Å². The van der Waals surface area contributed by atoms with E-state index in [4.69, 9.17) is 0 Å². The summed E-state index contributed by atoms with van der Waals surface area (Å²) < 4.78 is 2.45. The molecule has 0 N–H and O–H groups in total. The Hall–Kier alpha value is -9.80. The lowest BCUT2D eigenvalue weighted by Gasteiger charge is -2.37. The van der Waals surface area contributed by atoms with Crippen molar-refractivity contribution in [1.82, 2.24) is 4.40 Å². The first-order chi connectivity index (χ1) is 38.1. The standard InChI is InChI=1S/C74H49N3/c1-76-61-46-63-65(69-67(61)72(53-31-14-4-15-32-53,54-33-16-5-17-34-54)49-74(69,57-39-22-8-23-40-57)58-41-24-9-25-42-58)60-44-26-43-59-64-62(77(63)70(59)60)45-50(47-75)66-68(64)73(55-35-18-6-19-36-55,56-37-20-7-21-38-56)48-71(66,51-27-10-2-11-28-51)52-29-12-3-13-30-52/h2-46H,48-49H2. The SMILES string of the molecule is [C-]#[N+]c1cc2c(c3c1C(c1ccccc1)(c1ccccc1)CC3(c1ccccc1)c1ccccc1)c1cccc3c4c5c(c(C#N)cc4n2c31)C(c1ccccc1)(c1ccccc1)CC5(c1ccccc1)c1ccccc1. The van der Waals surface area contributed by atoms with Gasteiger partial charge < -0.3 is 4.40 Å². The van der Waals surface area contributed by atoms with Crippen LogP contribution in [0.5, 0.6) is 0 Å². The highest BCUT2D eigenvalue weighted by atomic mass is 14.9. The minimum absolute atomic E-state index is 0.625. The summed E-state index contributed by atoms with van der Waals surface area (Å²) in [5.41, 5.74) is 15.1. The molecule has 11 aromatic carbocycles. The van der Waals surface area contributed by atoms with Gasteiger partial charge in [0.2, 0.25) is 0 Å². The van der Waals surface area contributed by atoms with Crippen molar-refractivity contribution in [3.8, 4) is 6.07 Å². The maximum Gasteiger partial charge on any atom is 0.194 e. The minimum atomic E-state index is -0.738. The lowest BCUT2D eigenvalue weighted by atomic mass is 9.64. The number of hydrogen-bond acceptors (Lipinski definition) is 1. The number of aromatic nitrogens is 1. The summed E-state index contributed by atoms with van der Waals surface area (Å²) in [5.74, 6) is 0. The van der Waals surface area contributed by atoms with Gasteiger partial charge in [0, 0.05) is 48.7 Å². The number of benzene rings is 11. The average molecular weight is 980 g/mol. The largest absolute Gasteiger partial charge is 0.309 e. The number of para-hydroxylation sites is 1. The zero-order valence-electron chi connectivity index (χ0n) is 42.2. The molecule has 0 fully saturated rings. The van der Waals surface area contributed by atoms with Crippen LogP contribution >= 0.6 is 0 Å². The maximum atomic E-state index is 12.1. The van der Waals surface area contributed by atoms with E-state index in [0.717, 1.165) is 82.6 Å². The molecule has 2 aromatic heterocycles. The van der Waals surface area contributed by atoms with Gasteiger partial charge in [-0.15, -0.1) is 0 Å². The highest BCUT2D eigenvalue weighted by Gasteiger charge is 2.60. The Kier molecular flexibility index (Phi) is 9.78. The minimum Gasteiger partial charge on any atom is -0.309 e. The van der Waals surface area contributed by atoms with Crippen molar-refractivity contribution in [3.05, 3.63) is 357 Å². The zero-order valence-corrected chi connectivity index (χ0v) is 42.2. The van der Waals surface area contributed by atoms with Crippen LogP contribution < -0.4 is 0 Å². The van der Waals surface area contributed by atoms with Crippen molar-refractivity contribution < 1.29 is 0 Å². The molecule has 3 nitrogen and oxygen atoms in total. The van der Waals surface area contributed by atoms with E-state index in [9.17, 15) is 11.8 Å². The van der Waals surface area contributed by atoms with Crippen molar-refractivity contribution in [1.29, 1.82) is 5.26 Å². The first-order valence-corrected chi connectivity index (χ1v) is 26.7. The molecule has 15 rings (SSSR count). The molecule has 3 heteroatoms. The molecular weight excluding hydrogens is 931 g/mol. The van der Waals surface area contributed by atoms with Crippen LogP contribution in [0.25, 0.3) is 42.9 Å². The van der Waals surface area contributed by atoms with Crippen molar-refractivity contribution in [2.45, 2.75) is 34.5 Å². The van der Waals surface area contributed by atoms with E-state index in [-0.39, 0.29) is 0 Å². The lowest BCUT2D eigenvalue weighted by Crippen LogP contribution is -2.33. The van der Waals surface area contributed by atoms with Crippen LogP contribution in [0.3, 0.4) is 0 Å². The van der Waals surface area contributed by atoms with Crippen LogP contribution in [-0.2, 0) is 21.7 Å². The van der Waals surface area contributed by atoms with Gasteiger partial charge >= 0.3 is 0 Å². The Morgan fingerprint density at radius 1 is 0.351 bits per heavy atom. The summed E-state index contributed by atoms with van der Waals surface area (Å²) in [7, 11) is 0. The van der Waals surface area contributed by atoms with E-state index in [0.29, 0.717) is 24.1 Å². The highest BCUT2D eigenvalue weighted by molar-refractivity contribution is 6.26. The molecular formula is C74H49N3. The third kappa shape index (κ3) is 5.84. The molecule has 0 unspecified atom stereocenters. The smallest absolute Gasteiger partial charge is 0.194 e. The van der Waals surface area contributed by atoms with Crippen molar-refractivity contribution in [2.24, 2.45) is 0 Å². The Bertz CT molecular complexity index is 4040. The molecule has 2 aliphatic carbocycles. The summed E-state index contributed by atoms with van der Waals surface area (Å²) in [6, 6.07) is 102. The van der Waals surface area contributed by atoms with Gasteiger partial charge in [0.1, 0.15) is 0 Å². The van der Waals surface area contributed by atoms with Gasteiger partial charge in [0.25, 0.3) is 0 Å². The van der Waals surface area contributed by atoms with Crippen LogP contribution in [0.1, 0.15) is 85.2 Å². The van der Waals surface area contributed by atoms with Crippen molar-refractivity contribution >= 4 is 43.8 Å². The Balaban J connectivity index is 1.19. The predicted octanol–water partition coefficient (Wildman–Crippen LogP) is 17.4. The van der Waals surface area contributed by atoms with Gasteiger partial charge in [-0.1, -0.05) is 261 Å². The molecule has 13 aromatic rings. The summed E-state index contributed by atoms with van der Waals surface area (Å²) in [4.78, 5) is 4.67. The summed E-state index contributed by atoms with van der Waals surface area (Å²) >= 11 is 0. The van der Waals surface area contributed by atoms with E-state index in [1.807, 2.05) is 0 Å². The van der Waals surface area contributed by atoms with Crippen LogP contribution in [-0.4, -0.2) is 4.40 Å². The van der Waals surface area contributed by atoms with Gasteiger partial charge in [-0.2, -0.15) is 5.26 Å². The van der Waals surface area contributed by atoms with Crippen molar-refractivity contribution in [3.63, 3.8) is 0 Å². The quantitative estimate of drug-likeness (QED) is 0.140. The molecule has 0 atom stereocenters. The lowest BCUT2D eigenvalue weighted by molar-refractivity contribution is 0.499. The molecule has 2 aliphatic rings. The average Bonchev–Trinajstić information content (AvgIpc) is 4.36. The van der Waals surface area contributed by atoms with E-state index in [2.05, 4.69) is 288 Å². The van der Waals surface area contributed by atoms with Gasteiger partial charge in [0.15, 0.2) is 5.69 Å². The molecule has 360 valence electrons. The third-order valence-corrected chi connectivity index (χ3v) is 18.0. The maximum absolute atomic E-state index is 12.1. The highest BCUT2D eigenvalue weighted by Crippen LogP contribution is 2.68. The first-order valence-electron chi connectivity index (χ1n) is 26.7. The fraction of sp³-hybridized carbons (Fsp3) is 0.0811. The second-order valence-electron chi connectivity index (χ2n) is 21.3. The van der Waals surface area contributed by atoms with E-state index in [1.165, 1.54) is 22.3 Å². The molecule has 0 bridgehead atoms. The second kappa shape index (κ2) is 16.9. The summed E-state index contributed by atoms with van der Waals surface area (Å²) in [6.07, 6.45) is 1.31. The molecule has 0 radical (unpaired) electrons. The molecule has 0 saturated heterocycles. The number of fused-ring (bicyclic) bond motifs is 10. The van der Waals surface area contributed by atoms with Crippen molar-refractivity contribution in [2.75, 3.05) is 0 Å². The van der Waals surface area contributed by atoms with E-state index in [1.54, 1.807) is 0 Å². The Labute approximate surface area is 448 Å². The second-order valence-corrected chi connectivity index (χ2v) is 21.3. The molecule has 0 amide bonds. The molecule has 2 heterocycles. The molecule has 0 saturated carbocycles. The monoisotopic (exact) mass is 979 g/mol. The number of rotatable bonds is 8. The normalized spacial score (nSPS) is 15.6. The van der Waals surface area contributed by atoms with Gasteiger partial charge in [-0.25, -0.2) is 4.85 Å². The first kappa shape index (κ1) is 44.7. The van der Waals surface area contributed by atoms with E-state index < -0.39 is 21.7 Å². The van der Waals surface area contributed by atoms with Gasteiger partial charge in [-0.05, 0) is 91.7 Å². The third-order valence-electron chi connectivity index (χ3n) is 18.0. The van der Waals surface area contributed by atoms with Crippen LogP contribution in [0.15, 0.2) is 273 Å². The fourth-order valence-corrected chi connectivity index (χ4v) is 15.3. The summed E-state index contributed by atoms with van der Waals surface area (Å²) in [5, 5.41) is 16.6. The van der Waals surface area contributed by atoms with Gasteiger partial charge in [-0.3, -0.25) is 0 Å². The van der Waals surface area contributed by atoms with Crippen LogP contribution in [0.4, 0.5) is 5.69 Å². The topological polar surface area (TPSA) is 32.6 Å². The molecule has 0 spiro atoms. The van der Waals surface area contributed by atoms with E-state index >= 15 is 0 Å². The van der Waals surface area contributed by atoms with Crippen LogP contribution in [0.2, 0.25) is 0 Å². The fourth-order valence-electron chi connectivity index (χ4n) is 15.3. The molecule has 77 heavy (non-hydrogen) atoms. The Morgan fingerprint density at radius 2 is 0.636 bits per heavy atom. The number of nitriles is 1.